The maximum absolute atomic E-state index is 11.8. The Labute approximate surface area is 117 Å². The molecule has 1 aliphatic carbocycles. The predicted octanol–water partition coefficient (Wildman–Crippen LogP) is 2.35. The lowest BCUT2D eigenvalue weighted by molar-refractivity contribution is -0.255. The van der Waals surface area contributed by atoms with Crippen molar-refractivity contribution in [1.29, 1.82) is 0 Å². The molecule has 102 valence electrons. The highest BCUT2D eigenvalue weighted by Gasteiger charge is 2.50. The summed E-state index contributed by atoms with van der Waals surface area (Å²) in [6.07, 6.45) is 6.54. The van der Waals surface area contributed by atoms with E-state index >= 15 is 0 Å². The third-order valence-corrected chi connectivity index (χ3v) is 3.64. The van der Waals surface area contributed by atoms with Crippen LogP contribution in [-0.4, -0.2) is 22.3 Å². The summed E-state index contributed by atoms with van der Waals surface area (Å²) in [5, 5.41) is 1.37. The number of rotatable bonds is 3. The second kappa shape index (κ2) is 4.72. The summed E-state index contributed by atoms with van der Waals surface area (Å²) in [5.41, 5.74) is 0.413. The fraction of sp³-hybridized carbons (Fsp3) is 0.250. The minimum atomic E-state index is -0.589. The minimum Gasteiger partial charge on any atom is -0.290 e. The molecule has 1 aliphatic heterocycles. The van der Waals surface area contributed by atoms with Crippen LogP contribution in [0, 0.1) is 0 Å². The van der Waals surface area contributed by atoms with Crippen LogP contribution in [0.5, 0.6) is 0 Å². The van der Waals surface area contributed by atoms with Gasteiger partial charge in [0.1, 0.15) is 11.6 Å². The summed E-state index contributed by atoms with van der Waals surface area (Å²) in [7, 11) is 0. The van der Waals surface area contributed by atoms with E-state index in [9.17, 15) is 9.59 Å². The van der Waals surface area contributed by atoms with Crippen LogP contribution < -0.4 is 0 Å². The highest BCUT2D eigenvalue weighted by molar-refractivity contribution is 6.02. The van der Waals surface area contributed by atoms with Gasteiger partial charge in [0, 0.05) is 0 Å². The van der Waals surface area contributed by atoms with Crippen LogP contribution >= 0.6 is 0 Å². The van der Waals surface area contributed by atoms with Crippen LogP contribution in [0.4, 0.5) is 0 Å². The van der Waals surface area contributed by atoms with Crippen LogP contribution in [-0.2, 0) is 14.4 Å². The molecule has 0 aromatic heterocycles. The average Bonchev–Trinajstić information content (AvgIpc) is 2.48. The van der Waals surface area contributed by atoms with Crippen LogP contribution in [0.2, 0.25) is 0 Å². The molecule has 0 bridgehead atoms. The number of carbonyl (C=O) groups is 2. The summed E-state index contributed by atoms with van der Waals surface area (Å²) in [4.78, 5) is 28.8. The van der Waals surface area contributed by atoms with Crippen molar-refractivity contribution >= 4 is 11.7 Å². The molecule has 3 rings (SSSR count). The molecule has 1 saturated heterocycles. The van der Waals surface area contributed by atoms with Gasteiger partial charge in [-0.25, -0.2) is 5.06 Å². The van der Waals surface area contributed by atoms with E-state index in [4.69, 9.17) is 4.84 Å². The summed E-state index contributed by atoms with van der Waals surface area (Å²) in [6, 6.07) is 9.71. The van der Waals surface area contributed by atoms with Crippen molar-refractivity contribution in [3.8, 4) is 0 Å². The van der Waals surface area contributed by atoms with Gasteiger partial charge in [0.2, 0.25) is 5.91 Å². The van der Waals surface area contributed by atoms with Gasteiger partial charge in [-0.2, -0.15) is 0 Å². The summed E-state index contributed by atoms with van der Waals surface area (Å²) >= 11 is 0. The van der Waals surface area contributed by atoms with E-state index < -0.39 is 5.54 Å². The van der Waals surface area contributed by atoms with Gasteiger partial charge in [-0.05, 0) is 36.8 Å². The topological polar surface area (TPSA) is 46.6 Å². The quantitative estimate of drug-likeness (QED) is 0.791. The summed E-state index contributed by atoms with van der Waals surface area (Å²) < 4.78 is 0. The smallest absolute Gasteiger partial charge is 0.250 e. The number of amides is 1. The van der Waals surface area contributed by atoms with E-state index in [0.29, 0.717) is 6.42 Å². The second-order valence-corrected chi connectivity index (χ2v) is 5.08. The van der Waals surface area contributed by atoms with E-state index in [1.54, 1.807) is 12.2 Å². The van der Waals surface area contributed by atoms with E-state index in [2.05, 4.69) is 0 Å². The van der Waals surface area contributed by atoms with Crippen LogP contribution in [0.25, 0.3) is 0 Å². The first kappa shape index (κ1) is 12.8. The Bertz CT molecular complexity index is 587. The van der Waals surface area contributed by atoms with Gasteiger partial charge in [-0.15, -0.1) is 0 Å². The van der Waals surface area contributed by atoms with Crippen LogP contribution in [0.15, 0.2) is 54.6 Å². The lowest BCUT2D eigenvalue weighted by Crippen LogP contribution is -2.61. The lowest BCUT2D eigenvalue weighted by Gasteiger charge is -2.48. The van der Waals surface area contributed by atoms with Crippen molar-refractivity contribution in [1.82, 2.24) is 5.06 Å². The number of hydrogen-bond acceptors (Lipinski definition) is 3. The van der Waals surface area contributed by atoms with Crippen molar-refractivity contribution in [2.45, 2.75) is 25.0 Å². The zero-order valence-electron chi connectivity index (χ0n) is 11.2. The van der Waals surface area contributed by atoms with Crippen molar-refractivity contribution in [2.24, 2.45) is 0 Å². The third-order valence-electron chi connectivity index (χ3n) is 3.64. The highest BCUT2D eigenvalue weighted by Crippen LogP contribution is 2.38. The maximum atomic E-state index is 11.8. The Kier molecular flexibility index (Phi) is 3.03. The van der Waals surface area contributed by atoms with Crippen molar-refractivity contribution in [2.75, 3.05) is 0 Å². The Morgan fingerprint density at radius 2 is 1.80 bits per heavy atom. The average molecular weight is 269 g/mol. The number of benzene rings is 1. The molecule has 4 nitrogen and oxygen atoms in total. The van der Waals surface area contributed by atoms with E-state index in [1.165, 1.54) is 17.2 Å². The molecular formula is C16H15NO3. The fourth-order valence-corrected chi connectivity index (χ4v) is 2.44. The number of hydrogen-bond donors (Lipinski definition) is 0. The van der Waals surface area contributed by atoms with E-state index in [1.807, 2.05) is 37.3 Å². The first-order valence-corrected chi connectivity index (χ1v) is 6.58. The zero-order chi connectivity index (χ0) is 14.2. The molecule has 0 unspecified atom stereocenters. The standard InChI is InChI=1S/C16H15NO3/c1-12(13-5-3-2-4-6-13)20-17-15(19)11-16(17)9-7-14(18)8-10-16/h2-10,12H,11H2,1H3/t12-/m0/s1. The number of nitrogens with zero attached hydrogens (tertiary/aromatic N) is 1. The molecule has 0 radical (unpaired) electrons. The number of β-lactam (4-membered cyclic amide) rings is 1. The summed E-state index contributed by atoms with van der Waals surface area (Å²) in [5.74, 6) is -0.137. The number of allylic oxidation sites excluding steroid dienone is 2. The van der Waals surface area contributed by atoms with E-state index in [0.717, 1.165) is 5.56 Å². The van der Waals surface area contributed by atoms with Gasteiger partial charge in [-0.3, -0.25) is 14.4 Å². The van der Waals surface area contributed by atoms with Crippen molar-refractivity contribution in [3.05, 3.63) is 60.2 Å². The minimum absolute atomic E-state index is 0.0639. The highest BCUT2D eigenvalue weighted by atomic mass is 16.7. The van der Waals surface area contributed by atoms with Gasteiger partial charge in [0.25, 0.3) is 0 Å². The fourth-order valence-electron chi connectivity index (χ4n) is 2.44. The zero-order valence-corrected chi connectivity index (χ0v) is 11.2. The van der Waals surface area contributed by atoms with Crippen LogP contribution in [0.3, 0.4) is 0 Å². The Balaban J connectivity index is 1.77. The van der Waals surface area contributed by atoms with Gasteiger partial charge < -0.3 is 0 Å². The monoisotopic (exact) mass is 269 g/mol. The Morgan fingerprint density at radius 3 is 2.40 bits per heavy atom. The van der Waals surface area contributed by atoms with Crippen LogP contribution in [0.1, 0.15) is 25.0 Å². The molecule has 4 heteroatoms. The predicted molar refractivity (Wildman–Crippen MR) is 73.4 cm³/mol. The van der Waals surface area contributed by atoms with Gasteiger partial charge in [-0.1, -0.05) is 30.3 Å². The Hall–Kier alpha value is -2.20. The molecule has 20 heavy (non-hydrogen) atoms. The van der Waals surface area contributed by atoms with Gasteiger partial charge >= 0.3 is 0 Å². The molecule has 1 amide bonds. The molecule has 2 aliphatic rings. The SMILES string of the molecule is C[C@H](ON1C(=O)CC12C=CC(=O)C=C2)c1ccccc1. The molecule has 1 aromatic carbocycles. The molecule has 0 N–H and O–H groups in total. The normalized spacial score (nSPS) is 21.1. The number of hydroxylamine groups is 2. The van der Waals surface area contributed by atoms with Gasteiger partial charge in [0.05, 0.1) is 6.42 Å². The Morgan fingerprint density at radius 1 is 1.15 bits per heavy atom. The second-order valence-electron chi connectivity index (χ2n) is 5.08. The molecule has 1 spiro atoms. The first-order chi connectivity index (χ1) is 9.61. The van der Waals surface area contributed by atoms with E-state index in [-0.39, 0.29) is 17.8 Å². The largest absolute Gasteiger partial charge is 0.290 e. The first-order valence-electron chi connectivity index (χ1n) is 6.58. The third kappa shape index (κ3) is 2.08. The number of ketones is 1. The molecule has 1 heterocycles. The summed E-state index contributed by atoms with van der Waals surface area (Å²) in [6.45, 7) is 1.90. The molecule has 1 fully saturated rings. The number of carbonyl (C=O) groups excluding carboxylic acids is 2. The molecule has 1 atom stereocenters. The molecule has 0 saturated carbocycles. The lowest BCUT2D eigenvalue weighted by atomic mass is 9.83. The van der Waals surface area contributed by atoms with Crippen molar-refractivity contribution < 1.29 is 14.4 Å². The van der Waals surface area contributed by atoms with Gasteiger partial charge in [0.15, 0.2) is 5.78 Å². The maximum Gasteiger partial charge on any atom is 0.250 e. The molecule has 1 aromatic rings. The van der Waals surface area contributed by atoms with Crippen molar-refractivity contribution in [3.63, 3.8) is 0 Å². The molecular weight excluding hydrogens is 254 g/mol.